The van der Waals surface area contributed by atoms with Gasteiger partial charge in [-0.2, -0.15) is 4.31 Å². The first kappa shape index (κ1) is 21.1. The molecule has 0 spiro atoms. The molecule has 1 amide bonds. The predicted octanol–water partition coefficient (Wildman–Crippen LogP) is 3.23. The molecule has 1 fully saturated rings. The Kier molecular flexibility index (Phi) is 5.79. The van der Waals surface area contributed by atoms with Crippen molar-refractivity contribution in [2.45, 2.75) is 24.7 Å². The molecule has 4 rings (SSSR count). The van der Waals surface area contributed by atoms with E-state index in [-0.39, 0.29) is 16.0 Å². The molecular formula is C22H22N2O6S. The van der Waals surface area contributed by atoms with E-state index in [4.69, 9.17) is 9.15 Å². The Morgan fingerprint density at radius 1 is 1.10 bits per heavy atom. The number of nitrogens with one attached hydrogen (secondary N) is 1. The molecule has 0 unspecified atom stereocenters. The van der Waals surface area contributed by atoms with Crippen molar-refractivity contribution in [3.63, 3.8) is 0 Å². The molecule has 31 heavy (non-hydrogen) atoms. The Bertz CT molecular complexity index is 1280. The van der Waals surface area contributed by atoms with Crippen LogP contribution in [0.2, 0.25) is 0 Å². The first-order valence-corrected chi connectivity index (χ1v) is 11.4. The minimum absolute atomic E-state index is 0.156. The highest BCUT2D eigenvalue weighted by molar-refractivity contribution is 7.89. The quantitative estimate of drug-likeness (QED) is 0.588. The number of ether oxygens (including phenoxy) is 1. The molecule has 0 atom stereocenters. The molecule has 9 heteroatoms. The second-order valence-electron chi connectivity index (χ2n) is 7.16. The van der Waals surface area contributed by atoms with E-state index in [1.807, 2.05) is 6.92 Å². The lowest BCUT2D eigenvalue weighted by Gasteiger charge is -2.15. The first-order chi connectivity index (χ1) is 14.9. The van der Waals surface area contributed by atoms with E-state index >= 15 is 0 Å². The number of carbonyl (C=O) groups excluding carboxylic acids is 1. The Balaban J connectivity index is 1.58. The van der Waals surface area contributed by atoms with Gasteiger partial charge in [-0.3, -0.25) is 4.79 Å². The monoisotopic (exact) mass is 442 g/mol. The van der Waals surface area contributed by atoms with Crippen LogP contribution in [0.4, 0.5) is 5.69 Å². The van der Waals surface area contributed by atoms with Crippen LogP contribution in [-0.2, 0) is 10.0 Å². The van der Waals surface area contributed by atoms with Crippen molar-refractivity contribution in [2.75, 3.05) is 25.0 Å². The van der Waals surface area contributed by atoms with E-state index in [1.165, 1.54) is 28.6 Å². The van der Waals surface area contributed by atoms with Gasteiger partial charge in [-0.15, -0.1) is 0 Å². The number of nitrogens with zero attached hydrogens (tertiary/aromatic N) is 1. The zero-order valence-electron chi connectivity index (χ0n) is 17.0. The lowest BCUT2D eigenvalue weighted by Crippen LogP contribution is -2.27. The number of benzene rings is 2. The third-order valence-electron chi connectivity index (χ3n) is 5.09. The van der Waals surface area contributed by atoms with Crippen LogP contribution in [0.15, 0.2) is 62.6 Å². The predicted molar refractivity (Wildman–Crippen MR) is 116 cm³/mol. The molecule has 0 saturated carbocycles. The van der Waals surface area contributed by atoms with Crippen molar-refractivity contribution in [3.8, 4) is 5.75 Å². The number of sulfonamides is 1. The number of carbonyl (C=O) groups is 1. The summed E-state index contributed by atoms with van der Waals surface area (Å²) in [5.41, 5.74) is 0.162. The average Bonchev–Trinajstić information content (AvgIpc) is 3.29. The Morgan fingerprint density at radius 2 is 1.81 bits per heavy atom. The van der Waals surface area contributed by atoms with Crippen LogP contribution in [0.1, 0.15) is 30.1 Å². The molecule has 8 nitrogen and oxygen atoms in total. The van der Waals surface area contributed by atoms with Gasteiger partial charge in [-0.25, -0.2) is 13.2 Å². The third kappa shape index (κ3) is 4.33. The zero-order chi connectivity index (χ0) is 22.0. The largest absolute Gasteiger partial charge is 0.494 e. The second-order valence-corrected chi connectivity index (χ2v) is 9.10. The molecule has 1 aromatic heterocycles. The molecule has 2 heterocycles. The summed E-state index contributed by atoms with van der Waals surface area (Å²) in [5.74, 6) is 0.0303. The normalized spacial score (nSPS) is 14.6. The first-order valence-electron chi connectivity index (χ1n) is 10.0. The van der Waals surface area contributed by atoms with Gasteiger partial charge in [0, 0.05) is 36.3 Å². The van der Waals surface area contributed by atoms with Crippen LogP contribution in [-0.4, -0.2) is 38.3 Å². The standard InChI is InChI=1S/C22H22N2O6S/c1-2-29-16-7-10-18-19(14-21(25)30-20(18)13-16)22(26)23-15-5-8-17(9-6-15)31(27,28)24-11-3-4-12-24/h5-10,13-14H,2-4,11-12H2,1H3,(H,23,26). The van der Waals surface area contributed by atoms with Crippen LogP contribution in [0.3, 0.4) is 0 Å². The molecule has 3 aromatic rings. The minimum Gasteiger partial charge on any atom is -0.494 e. The SMILES string of the molecule is CCOc1ccc2c(C(=O)Nc3ccc(S(=O)(=O)N4CCCC4)cc3)cc(=O)oc2c1. The molecule has 0 aliphatic carbocycles. The van der Waals surface area contributed by atoms with Crippen LogP contribution in [0.25, 0.3) is 11.0 Å². The lowest BCUT2D eigenvalue weighted by molar-refractivity contribution is 0.102. The smallest absolute Gasteiger partial charge is 0.337 e. The molecule has 1 saturated heterocycles. The fraction of sp³-hybridized carbons (Fsp3) is 0.273. The fourth-order valence-electron chi connectivity index (χ4n) is 3.57. The summed E-state index contributed by atoms with van der Waals surface area (Å²) < 4.78 is 37.3. The molecule has 2 aromatic carbocycles. The third-order valence-corrected chi connectivity index (χ3v) is 7.00. The van der Waals surface area contributed by atoms with E-state index in [9.17, 15) is 18.0 Å². The Morgan fingerprint density at radius 3 is 2.48 bits per heavy atom. The van der Waals surface area contributed by atoms with Crippen molar-refractivity contribution in [1.82, 2.24) is 4.31 Å². The highest BCUT2D eigenvalue weighted by atomic mass is 32.2. The van der Waals surface area contributed by atoms with Crippen LogP contribution >= 0.6 is 0 Å². The summed E-state index contributed by atoms with van der Waals surface area (Å²) in [4.78, 5) is 25.0. The molecule has 0 bridgehead atoms. The number of anilines is 1. The van der Waals surface area contributed by atoms with E-state index in [2.05, 4.69) is 5.32 Å². The summed E-state index contributed by atoms with van der Waals surface area (Å²) in [6, 6.07) is 12.0. The van der Waals surface area contributed by atoms with Gasteiger partial charge in [0.2, 0.25) is 10.0 Å². The van der Waals surface area contributed by atoms with Crippen molar-refractivity contribution in [3.05, 3.63) is 64.5 Å². The van der Waals surface area contributed by atoms with E-state index < -0.39 is 21.6 Å². The number of amides is 1. The number of rotatable bonds is 6. The van der Waals surface area contributed by atoms with Crippen LogP contribution in [0, 0.1) is 0 Å². The summed E-state index contributed by atoms with van der Waals surface area (Å²) >= 11 is 0. The summed E-state index contributed by atoms with van der Waals surface area (Å²) in [6.45, 7) is 3.34. The van der Waals surface area contributed by atoms with Gasteiger partial charge < -0.3 is 14.5 Å². The van der Waals surface area contributed by atoms with Crippen LogP contribution in [0.5, 0.6) is 5.75 Å². The Hall–Kier alpha value is -3.17. The van der Waals surface area contributed by atoms with Gasteiger partial charge >= 0.3 is 5.63 Å². The maximum absolute atomic E-state index is 12.8. The topological polar surface area (TPSA) is 106 Å². The number of hydrogen-bond donors (Lipinski definition) is 1. The van der Waals surface area contributed by atoms with Crippen molar-refractivity contribution in [1.29, 1.82) is 0 Å². The minimum atomic E-state index is -3.52. The molecule has 1 N–H and O–H groups in total. The molecular weight excluding hydrogens is 420 g/mol. The average molecular weight is 442 g/mol. The van der Waals surface area contributed by atoms with Gasteiger partial charge in [0.25, 0.3) is 5.91 Å². The fourth-order valence-corrected chi connectivity index (χ4v) is 5.09. The van der Waals surface area contributed by atoms with Crippen molar-refractivity contribution >= 4 is 32.6 Å². The number of hydrogen-bond acceptors (Lipinski definition) is 6. The van der Waals surface area contributed by atoms with Crippen molar-refractivity contribution in [2.24, 2.45) is 0 Å². The summed E-state index contributed by atoms with van der Waals surface area (Å²) in [5, 5.41) is 3.17. The highest BCUT2D eigenvalue weighted by Gasteiger charge is 2.27. The van der Waals surface area contributed by atoms with Crippen LogP contribution < -0.4 is 15.7 Å². The van der Waals surface area contributed by atoms with Gasteiger partial charge in [0.1, 0.15) is 11.3 Å². The molecule has 0 radical (unpaired) electrons. The second kappa shape index (κ2) is 8.52. The highest BCUT2D eigenvalue weighted by Crippen LogP contribution is 2.25. The Labute approximate surface area is 179 Å². The lowest BCUT2D eigenvalue weighted by atomic mass is 10.1. The summed E-state index contributed by atoms with van der Waals surface area (Å²) in [7, 11) is -3.52. The maximum Gasteiger partial charge on any atom is 0.337 e. The van der Waals surface area contributed by atoms with Crippen molar-refractivity contribution < 1.29 is 22.4 Å². The molecule has 1 aliphatic rings. The maximum atomic E-state index is 12.8. The van der Waals surface area contributed by atoms with Gasteiger partial charge in [-0.1, -0.05) is 0 Å². The van der Waals surface area contributed by atoms with E-state index in [1.54, 1.807) is 18.2 Å². The molecule has 162 valence electrons. The van der Waals surface area contributed by atoms with E-state index in [0.717, 1.165) is 18.9 Å². The van der Waals surface area contributed by atoms with Gasteiger partial charge in [-0.05, 0) is 56.2 Å². The number of fused-ring (bicyclic) bond motifs is 1. The van der Waals surface area contributed by atoms with Gasteiger partial charge in [0.05, 0.1) is 17.1 Å². The van der Waals surface area contributed by atoms with E-state index in [0.29, 0.717) is 36.5 Å². The summed E-state index contributed by atoms with van der Waals surface area (Å²) in [6.07, 6.45) is 1.72. The zero-order valence-corrected chi connectivity index (χ0v) is 17.8. The molecule has 1 aliphatic heterocycles. The van der Waals surface area contributed by atoms with Gasteiger partial charge in [0.15, 0.2) is 0 Å².